The number of nitrogens with one attached hydrogen (secondary N) is 1. The Morgan fingerprint density at radius 1 is 0.463 bits per heavy atom. The van der Waals surface area contributed by atoms with Crippen molar-refractivity contribution in [1.29, 1.82) is 0 Å². The first-order chi connectivity index (χ1) is 20.0. The van der Waals surface area contributed by atoms with Gasteiger partial charge < -0.3 is 27.1 Å². The van der Waals surface area contributed by atoms with E-state index in [1.165, 1.54) is 21.9 Å². The van der Waals surface area contributed by atoms with Crippen LogP contribution in [0.15, 0.2) is 133 Å². The molecule has 41 heavy (non-hydrogen) atoms. The second-order valence-electron chi connectivity index (χ2n) is 10.3. The van der Waals surface area contributed by atoms with Gasteiger partial charge in [-0.25, -0.2) is 0 Å². The van der Waals surface area contributed by atoms with Crippen LogP contribution in [0.25, 0.3) is 49.7 Å². The van der Waals surface area contributed by atoms with Crippen LogP contribution < -0.4 is 22.5 Å². The fourth-order valence-electron chi connectivity index (χ4n) is 5.53. The molecule has 0 saturated heterocycles. The average molecular weight is 532 g/mol. The minimum Gasteiger partial charge on any atom is -0.399 e. The summed E-state index contributed by atoms with van der Waals surface area (Å²) in [5.41, 5.74) is 30.0. The minimum absolute atomic E-state index is 0.712. The van der Waals surface area contributed by atoms with Crippen LogP contribution in [-0.4, -0.2) is 4.57 Å². The van der Waals surface area contributed by atoms with Crippen LogP contribution in [0.2, 0.25) is 0 Å². The van der Waals surface area contributed by atoms with Gasteiger partial charge in [0.25, 0.3) is 0 Å². The third kappa shape index (κ3) is 4.49. The van der Waals surface area contributed by atoms with E-state index in [2.05, 4.69) is 88.7 Å². The molecule has 7 N–H and O–H groups in total. The second-order valence-corrected chi connectivity index (χ2v) is 10.3. The molecule has 0 unspecified atom stereocenters. The topological polar surface area (TPSA) is 95.0 Å². The van der Waals surface area contributed by atoms with Gasteiger partial charge in [0, 0.05) is 50.5 Å². The number of hydrogen-bond donors (Lipinski definition) is 4. The van der Waals surface area contributed by atoms with Crippen LogP contribution in [-0.2, 0) is 0 Å². The van der Waals surface area contributed by atoms with Gasteiger partial charge in [-0.05, 0) is 102 Å². The molecule has 0 bridgehead atoms. The predicted octanol–water partition coefficient (Wildman–Crippen LogP) is 8.61. The van der Waals surface area contributed by atoms with Crippen molar-refractivity contribution in [2.45, 2.75) is 0 Å². The summed E-state index contributed by atoms with van der Waals surface area (Å²) >= 11 is 0. The summed E-state index contributed by atoms with van der Waals surface area (Å²) < 4.78 is 2.32. The van der Waals surface area contributed by atoms with E-state index in [0.29, 0.717) is 5.69 Å². The summed E-state index contributed by atoms with van der Waals surface area (Å²) in [6, 6.07) is 45.5. The third-order valence-corrected chi connectivity index (χ3v) is 7.59. The normalized spacial score (nSPS) is 11.2. The highest BCUT2D eigenvalue weighted by molar-refractivity contribution is 6.10. The Kier molecular flexibility index (Phi) is 5.83. The molecule has 1 heterocycles. The molecular formula is C36H29N5. The molecule has 0 atom stereocenters. The van der Waals surface area contributed by atoms with Crippen molar-refractivity contribution in [2.24, 2.45) is 0 Å². The SMILES string of the molecule is Nc1ccc(-c2ccc3c(c2)c2ccccc2n3-c2ccc(Nc3ccc(N)cc3-c3ccc(N)cc3)cc2)cc1. The van der Waals surface area contributed by atoms with Crippen molar-refractivity contribution in [3.63, 3.8) is 0 Å². The molecule has 7 aromatic rings. The standard InChI is InChI=1S/C36H29N5/c37-26-10-5-23(6-11-26)25-9-20-36-33(21-25)31-3-1-2-4-35(31)41(36)30-17-15-29(16-18-30)40-34-19-14-28(39)22-32(34)24-7-12-27(38)13-8-24/h1-22,40H,37-39H2. The number of nitrogens with zero attached hydrogens (tertiary/aromatic N) is 1. The van der Waals surface area contributed by atoms with Crippen molar-refractivity contribution < 1.29 is 0 Å². The van der Waals surface area contributed by atoms with Crippen molar-refractivity contribution in [1.82, 2.24) is 4.57 Å². The minimum atomic E-state index is 0.712. The van der Waals surface area contributed by atoms with Crippen molar-refractivity contribution in [3.05, 3.63) is 133 Å². The van der Waals surface area contributed by atoms with Gasteiger partial charge in [-0.1, -0.05) is 48.5 Å². The number of nitrogen functional groups attached to an aromatic ring is 3. The molecule has 0 saturated carbocycles. The maximum Gasteiger partial charge on any atom is 0.0541 e. The molecule has 5 nitrogen and oxygen atoms in total. The number of nitrogens with two attached hydrogens (primary N) is 3. The van der Waals surface area contributed by atoms with Gasteiger partial charge in [-0.15, -0.1) is 0 Å². The number of benzene rings is 6. The Hall–Kier alpha value is -5.68. The van der Waals surface area contributed by atoms with E-state index in [1.54, 1.807) is 0 Å². The summed E-state index contributed by atoms with van der Waals surface area (Å²) in [4.78, 5) is 0. The average Bonchev–Trinajstić information content (AvgIpc) is 3.33. The van der Waals surface area contributed by atoms with Gasteiger partial charge in [0.1, 0.15) is 0 Å². The number of rotatable bonds is 5. The van der Waals surface area contributed by atoms with E-state index in [-0.39, 0.29) is 0 Å². The van der Waals surface area contributed by atoms with Gasteiger partial charge in [-0.3, -0.25) is 0 Å². The van der Waals surface area contributed by atoms with Gasteiger partial charge in [-0.2, -0.15) is 0 Å². The first-order valence-corrected chi connectivity index (χ1v) is 13.6. The lowest BCUT2D eigenvalue weighted by Crippen LogP contribution is -1.97. The molecular weight excluding hydrogens is 502 g/mol. The van der Waals surface area contributed by atoms with Gasteiger partial charge >= 0.3 is 0 Å². The van der Waals surface area contributed by atoms with Gasteiger partial charge in [0.2, 0.25) is 0 Å². The Balaban J connectivity index is 1.26. The zero-order valence-corrected chi connectivity index (χ0v) is 22.4. The second kappa shape index (κ2) is 9.81. The highest BCUT2D eigenvalue weighted by Gasteiger charge is 2.14. The highest BCUT2D eigenvalue weighted by atomic mass is 15.0. The van der Waals surface area contributed by atoms with Crippen LogP contribution in [0.4, 0.5) is 28.4 Å². The first kappa shape index (κ1) is 24.4. The van der Waals surface area contributed by atoms with E-state index >= 15 is 0 Å². The van der Waals surface area contributed by atoms with E-state index in [0.717, 1.165) is 50.6 Å². The zero-order valence-electron chi connectivity index (χ0n) is 22.4. The molecule has 1 aromatic heterocycles. The Morgan fingerprint density at radius 3 is 1.80 bits per heavy atom. The molecule has 0 aliphatic carbocycles. The van der Waals surface area contributed by atoms with Crippen molar-refractivity contribution in [2.75, 3.05) is 22.5 Å². The smallest absolute Gasteiger partial charge is 0.0541 e. The summed E-state index contributed by atoms with van der Waals surface area (Å²) in [5, 5.41) is 6.02. The fourth-order valence-corrected chi connectivity index (χ4v) is 5.53. The number of hydrogen-bond acceptors (Lipinski definition) is 4. The third-order valence-electron chi connectivity index (χ3n) is 7.59. The van der Waals surface area contributed by atoms with Crippen molar-refractivity contribution in [3.8, 4) is 27.9 Å². The number of aromatic nitrogens is 1. The van der Waals surface area contributed by atoms with Crippen LogP contribution >= 0.6 is 0 Å². The molecule has 6 aromatic carbocycles. The van der Waals surface area contributed by atoms with Gasteiger partial charge in [0.05, 0.1) is 11.0 Å². The van der Waals surface area contributed by atoms with Crippen molar-refractivity contribution >= 4 is 50.2 Å². The maximum atomic E-state index is 6.14. The molecule has 0 aliphatic heterocycles. The van der Waals surface area contributed by atoms with E-state index in [4.69, 9.17) is 17.2 Å². The molecule has 5 heteroatoms. The lowest BCUT2D eigenvalue weighted by atomic mass is 10.0. The van der Waals surface area contributed by atoms with Crippen LogP contribution in [0.5, 0.6) is 0 Å². The number of anilines is 5. The lowest BCUT2D eigenvalue weighted by Gasteiger charge is -2.15. The van der Waals surface area contributed by atoms with Crippen LogP contribution in [0.1, 0.15) is 0 Å². The summed E-state index contributed by atoms with van der Waals surface area (Å²) in [6.07, 6.45) is 0. The molecule has 0 amide bonds. The molecule has 0 aliphatic rings. The molecule has 198 valence electrons. The first-order valence-electron chi connectivity index (χ1n) is 13.6. The van der Waals surface area contributed by atoms with Crippen LogP contribution in [0, 0.1) is 0 Å². The fraction of sp³-hybridized carbons (Fsp3) is 0. The van der Waals surface area contributed by atoms with E-state index in [9.17, 15) is 0 Å². The summed E-state index contributed by atoms with van der Waals surface area (Å²) in [6.45, 7) is 0. The molecule has 0 fully saturated rings. The lowest BCUT2D eigenvalue weighted by molar-refractivity contribution is 1.18. The Labute approximate surface area is 238 Å². The number of fused-ring (bicyclic) bond motifs is 3. The zero-order chi connectivity index (χ0) is 27.9. The number of para-hydroxylation sites is 1. The van der Waals surface area contributed by atoms with E-state index < -0.39 is 0 Å². The van der Waals surface area contributed by atoms with Gasteiger partial charge in [0.15, 0.2) is 0 Å². The largest absolute Gasteiger partial charge is 0.399 e. The highest BCUT2D eigenvalue weighted by Crippen LogP contribution is 2.36. The summed E-state index contributed by atoms with van der Waals surface area (Å²) in [5.74, 6) is 0. The molecule has 0 radical (unpaired) electrons. The summed E-state index contributed by atoms with van der Waals surface area (Å²) in [7, 11) is 0. The molecule has 0 spiro atoms. The predicted molar refractivity (Wildman–Crippen MR) is 175 cm³/mol. The Bertz CT molecular complexity index is 2020. The van der Waals surface area contributed by atoms with E-state index in [1.807, 2.05) is 54.6 Å². The Morgan fingerprint density at radius 2 is 1.07 bits per heavy atom. The molecule has 7 rings (SSSR count). The quantitative estimate of drug-likeness (QED) is 0.167. The monoisotopic (exact) mass is 531 g/mol. The maximum absolute atomic E-state index is 6.14. The van der Waals surface area contributed by atoms with Crippen LogP contribution in [0.3, 0.4) is 0 Å².